The highest BCUT2D eigenvalue weighted by molar-refractivity contribution is 6.42. The molecule has 3 aromatic carbocycles. The Morgan fingerprint density at radius 2 is 1.87 bits per heavy atom. The van der Waals surface area contributed by atoms with Crippen LogP contribution in [0.4, 0.5) is 0 Å². The number of halogens is 2. The van der Waals surface area contributed by atoms with Crippen LogP contribution in [0.25, 0.3) is 21.7 Å². The number of amides is 1. The molecule has 0 aliphatic carbocycles. The summed E-state index contributed by atoms with van der Waals surface area (Å²) in [5.41, 5.74) is 1.07. The van der Waals surface area contributed by atoms with Gasteiger partial charge in [0.1, 0.15) is 23.5 Å². The van der Waals surface area contributed by atoms with Crippen LogP contribution in [0.1, 0.15) is 10.4 Å². The molecule has 30 heavy (non-hydrogen) atoms. The smallest absolute Gasteiger partial charge is 0.253 e. The van der Waals surface area contributed by atoms with E-state index in [0.717, 1.165) is 16.2 Å². The summed E-state index contributed by atoms with van der Waals surface area (Å²) in [6.45, 7) is -0.0325. The SMILES string of the molecule is O=C(NCC(O)COc1cccc(Cl)c1Cl)c1cc2ccccc2c2cccnc12. The van der Waals surface area contributed by atoms with Gasteiger partial charge in [0.15, 0.2) is 0 Å². The molecule has 1 heterocycles. The Labute approximate surface area is 183 Å². The van der Waals surface area contributed by atoms with Gasteiger partial charge in [0.05, 0.1) is 16.1 Å². The molecule has 0 aliphatic rings. The van der Waals surface area contributed by atoms with Crippen molar-refractivity contribution < 1.29 is 14.6 Å². The zero-order valence-corrected chi connectivity index (χ0v) is 17.3. The number of fused-ring (bicyclic) bond motifs is 3. The van der Waals surface area contributed by atoms with Crippen LogP contribution in [-0.2, 0) is 0 Å². The van der Waals surface area contributed by atoms with E-state index in [4.69, 9.17) is 27.9 Å². The highest BCUT2D eigenvalue weighted by atomic mass is 35.5. The lowest BCUT2D eigenvalue weighted by Gasteiger charge is -2.15. The Hall–Kier alpha value is -2.86. The van der Waals surface area contributed by atoms with Gasteiger partial charge in [-0.05, 0) is 35.0 Å². The highest BCUT2D eigenvalue weighted by Crippen LogP contribution is 2.31. The predicted octanol–water partition coefficient (Wildman–Crippen LogP) is 4.86. The molecule has 0 bridgehead atoms. The molecular weight excluding hydrogens is 423 g/mol. The summed E-state index contributed by atoms with van der Waals surface area (Å²) in [6, 6.07) is 18.5. The lowest BCUT2D eigenvalue weighted by atomic mass is 10.0. The van der Waals surface area contributed by atoms with E-state index in [1.54, 1.807) is 24.4 Å². The monoisotopic (exact) mass is 440 g/mol. The summed E-state index contributed by atoms with van der Waals surface area (Å²) >= 11 is 12.0. The van der Waals surface area contributed by atoms with E-state index >= 15 is 0 Å². The van der Waals surface area contributed by atoms with Gasteiger partial charge in [0.25, 0.3) is 5.91 Å². The summed E-state index contributed by atoms with van der Waals surface area (Å²) in [5, 5.41) is 16.5. The van der Waals surface area contributed by atoms with E-state index in [0.29, 0.717) is 21.9 Å². The minimum Gasteiger partial charge on any atom is -0.489 e. The van der Waals surface area contributed by atoms with Gasteiger partial charge < -0.3 is 15.2 Å². The number of hydrogen-bond acceptors (Lipinski definition) is 4. The fourth-order valence-corrected chi connectivity index (χ4v) is 3.59. The lowest BCUT2D eigenvalue weighted by molar-refractivity contribution is 0.0845. The average molecular weight is 441 g/mol. The number of nitrogens with one attached hydrogen (secondary N) is 1. The number of rotatable bonds is 6. The maximum atomic E-state index is 12.8. The third kappa shape index (κ3) is 4.19. The molecule has 4 rings (SSSR count). The second-order valence-electron chi connectivity index (χ2n) is 6.77. The summed E-state index contributed by atoms with van der Waals surface area (Å²) in [5.74, 6) is 0.0588. The van der Waals surface area contributed by atoms with Crippen molar-refractivity contribution >= 4 is 50.8 Å². The Kier molecular flexibility index (Phi) is 6.04. The lowest BCUT2D eigenvalue weighted by Crippen LogP contribution is -2.35. The fourth-order valence-electron chi connectivity index (χ4n) is 3.25. The van der Waals surface area contributed by atoms with Crippen molar-refractivity contribution in [3.8, 4) is 5.75 Å². The molecule has 0 saturated heterocycles. The van der Waals surface area contributed by atoms with Crippen LogP contribution in [0, 0.1) is 0 Å². The third-order valence-corrected chi connectivity index (χ3v) is 5.51. The second kappa shape index (κ2) is 8.88. The highest BCUT2D eigenvalue weighted by Gasteiger charge is 2.16. The standard InChI is InChI=1S/C23H18Cl2N2O3/c24-19-8-3-9-20(21(19)25)30-13-15(28)12-27-23(29)18-11-14-5-1-2-6-16(14)17-7-4-10-26-22(17)18/h1-11,15,28H,12-13H2,(H,27,29). The van der Waals surface area contributed by atoms with Gasteiger partial charge >= 0.3 is 0 Å². The topological polar surface area (TPSA) is 71.5 Å². The maximum Gasteiger partial charge on any atom is 0.253 e. The first kappa shape index (κ1) is 20.4. The van der Waals surface area contributed by atoms with Gasteiger partial charge in [0, 0.05) is 18.1 Å². The van der Waals surface area contributed by atoms with Crippen LogP contribution in [0.15, 0.2) is 66.9 Å². The molecule has 1 amide bonds. The zero-order chi connectivity index (χ0) is 21.1. The summed E-state index contributed by atoms with van der Waals surface area (Å²) < 4.78 is 5.52. The third-order valence-electron chi connectivity index (χ3n) is 4.70. The van der Waals surface area contributed by atoms with Gasteiger partial charge in [-0.15, -0.1) is 0 Å². The van der Waals surface area contributed by atoms with Gasteiger partial charge in [-0.3, -0.25) is 9.78 Å². The Bertz CT molecular complexity index is 1230. The van der Waals surface area contributed by atoms with E-state index < -0.39 is 6.10 Å². The zero-order valence-electron chi connectivity index (χ0n) is 15.8. The molecule has 1 unspecified atom stereocenters. The number of ether oxygens (including phenoxy) is 1. The number of carbonyl (C=O) groups excluding carboxylic acids is 1. The Morgan fingerprint density at radius 3 is 2.73 bits per heavy atom. The molecule has 4 aromatic rings. The molecule has 0 fully saturated rings. The molecule has 5 nitrogen and oxygen atoms in total. The van der Waals surface area contributed by atoms with E-state index in [1.165, 1.54) is 0 Å². The van der Waals surface area contributed by atoms with Crippen molar-refractivity contribution in [2.24, 2.45) is 0 Å². The van der Waals surface area contributed by atoms with Gasteiger partial charge in [-0.2, -0.15) is 0 Å². The van der Waals surface area contributed by atoms with Gasteiger partial charge in [0.2, 0.25) is 0 Å². The van der Waals surface area contributed by atoms with Gasteiger partial charge in [-0.1, -0.05) is 59.6 Å². The summed E-state index contributed by atoms with van der Waals surface area (Å²) in [6.07, 6.45) is 0.731. The van der Waals surface area contributed by atoms with E-state index in [1.807, 2.05) is 42.5 Å². The first-order valence-electron chi connectivity index (χ1n) is 9.34. The number of pyridine rings is 1. The van der Waals surface area contributed by atoms with Crippen LogP contribution in [0.3, 0.4) is 0 Å². The van der Waals surface area contributed by atoms with Crippen LogP contribution in [0.2, 0.25) is 10.0 Å². The van der Waals surface area contributed by atoms with Crippen LogP contribution in [-0.4, -0.2) is 35.3 Å². The molecule has 1 aromatic heterocycles. The van der Waals surface area contributed by atoms with Crippen molar-refractivity contribution in [1.82, 2.24) is 10.3 Å². The van der Waals surface area contributed by atoms with E-state index in [-0.39, 0.29) is 24.1 Å². The summed E-state index contributed by atoms with van der Waals surface area (Å²) in [4.78, 5) is 17.2. The number of aliphatic hydroxyl groups excluding tert-OH is 1. The molecule has 7 heteroatoms. The van der Waals surface area contributed by atoms with Crippen LogP contribution >= 0.6 is 23.2 Å². The fraction of sp³-hybridized carbons (Fsp3) is 0.130. The predicted molar refractivity (Wildman–Crippen MR) is 120 cm³/mol. The summed E-state index contributed by atoms with van der Waals surface area (Å²) in [7, 11) is 0. The van der Waals surface area contributed by atoms with Gasteiger partial charge in [-0.25, -0.2) is 0 Å². The number of aliphatic hydroxyl groups is 1. The molecule has 2 N–H and O–H groups in total. The molecule has 0 saturated carbocycles. The quantitative estimate of drug-likeness (QED) is 0.419. The Balaban J connectivity index is 1.47. The molecule has 1 atom stereocenters. The molecule has 0 aliphatic heterocycles. The minimum absolute atomic E-state index is 0.0121. The maximum absolute atomic E-state index is 12.8. The molecule has 152 valence electrons. The minimum atomic E-state index is -0.927. The average Bonchev–Trinajstić information content (AvgIpc) is 2.78. The number of aromatic nitrogens is 1. The van der Waals surface area contributed by atoms with Crippen molar-refractivity contribution in [1.29, 1.82) is 0 Å². The van der Waals surface area contributed by atoms with Crippen molar-refractivity contribution in [3.63, 3.8) is 0 Å². The van der Waals surface area contributed by atoms with Crippen molar-refractivity contribution in [2.45, 2.75) is 6.10 Å². The molecule has 0 spiro atoms. The van der Waals surface area contributed by atoms with E-state index in [2.05, 4.69) is 10.3 Å². The number of hydrogen-bond donors (Lipinski definition) is 2. The number of nitrogens with zero attached hydrogens (tertiary/aromatic N) is 1. The van der Waals surface area contributed by atoms with Crippen molar-refractivity contribution in [2.75, 3.05) is 13.2 Å². The van der Waals surface area contributed by atoms with Crippen LogP contribution < -0.4 is 10.1 Å². The molecule has 0 radical (unpaired) electrons. The van der Waals surface area contributed by atoms with Crippen molar-refractivity contribution in [3.05, 3.63) is 82.5 Å². The first-order chi connectivity index (χ1) is 14.5. The number of benzene rings is 3. The Morgan fingerprint density at radius 1 is 1.07 bits per heavy atom. The first-order valence-corrected chi connectivity index (χ1v) is 10.1. The van der Waals surface area contributed by atoms with E-state index in [9.17, 15) is 9.90 Å². The largest absolute Gasteiger partial charge is 0.489 e. The number of carbonyl (C=O) groups is 1. The molecular formula is C23H18Cl2N2O3. The van der Waals surface area contributed by atoms with Crippen LogP contribution in [0.5, 0.6) is 5.75 Å². The second-order valence-corrected chi connectivity index (χ2v) is 7.56. The normalized spacial score (nSPS) is 12.1.